The molecule has 3 N–H and O–H groups in total. The average Bonchev–Trinajstić information content (AvgIpc) is 3.30. The highest BCUT2D eigenvalue weighted by atomic mass is 16.5. The summed E-state index contributed by atoms with van der Waals surface area (Å²) in [5.74, 6) is 0.526. The van der Waals surface area contributed by atoms with Crippen LogP contribution in [-0.2, 0) is 4.79 Å². The lowest BCUT2D eigenvalue weighted by molar-refractivity contribution is -0.145. The van der Waals surface area contributed by atoms with Crippen molar-refractivity contribution in [3.63, 3.8) is 0 Å². The van der Waals surface area contributed by atoms with Gasteiger partial charge in [-0.2, -0.15) is 0 Å². The number of ether oxygens (including phenoxy) is 2. The molecule has 1 unspecified atom stereocenters. The van der Waals surface area contributed by atoms with Crippen molar-refractivity contribution in [2.45, 2.75) is 6.42 Å². The molecule has 0 radical (unpaired) electrons. The molecular weight excluding hydrogens is 306 g/mol. The van der Waals surface area contributed by atoms with Crippen LogP contribution in [0.1, 0.15) is 6.42 Å². The van der Waals surface area contributed by atoms with Gasteiger partial charge in [0.1, 0.15) is 11.5 Å². The number of aliphatic carboxylic acids is 1. The van der Waals surface area contributed by atoms with E-state index in [1.807, 2.05) is 60.7 Å². The summed E-state index contributed by atoms with van der Waals surface area (Å²) in [4.78, 5) is 11.8. The first kappa shape index (κ1) is 16.3. The summed E-state index contributed by atoms with van der Waals surface area (Å²) in [5, 5.41) is 9.64. The van der Waals surface area contributed by atoms with E-state index in [4.69, 9.17) is 15.2 Å². The number of benzene rings is 2. The molecule has 126 valence electrons. The lowest BCUT2D eigenvalue weighted by Gasteiger charge is -2.23. The summed E-state index contributed by atoms with van der Waals surface area (Å²) < 4.78 is 11.7. The van der Waals surface area contributed by atoms with E-state index in [-0.39, 0.29) is 19.8 Å². The van der Waals surface area contributed by atoms with E-state index >= 15 is 0 Å². The minimum atomic E-state index is -0.990. The largest absolute Gasteiger partial charge is 0.493 e. The van der Waals surface area contributed by atoms with E-state index in [1.54, 1.807) is 0 Å². The summed E-state index contributed by atoms with van der Waals surface area (Å²) in [5.41, 5.74) is 4.18. The van der Waals surface area contributed by atoms with Crippen molar-refractivity contribution in [3.05, 3.63) is 60.7 Å². The molecule has 1 aliphatic carbocycles. The van der Waals surface area contributed by atoms with Gasteiger partial charge in [0, 0.05) is 6.54 Å². The first-order valence-electron chi connectivity index (χ1n) is 7.91. The van der Waals surface area contributed by atoms with Crippen molar-refractivity contribution in [3.8, 4) is 11.5 Å². The quantitative estimate of drug-likeness (QED) is 0.779. The van der Waals surface area contributed by atoms with Crippen LogP contribution in [-0.4, -0.2) is 30.8 Å². The van der Waals surface area contributed by atoms with Gasteiger partial charge in [-0.1, -0.05) is 36.4 Å². The Morgan fingerprint density at radius 2 is 1.42 bits per heavy atom. The molecule has 0 aliphatic heterocycles. The van der Waals surface area contributed by atoms with Gasteiger partial charge in [0.25, 0.3) is 0 Å². The molecule has 1 aliphatic rings. The van der Waals surface area contributed by atoms with Gasteiger partial charge in [-0.25, -0.2) is 0 Å². The van der Waals surface area contributed by atoms with Crippen molar-refractivity contribution in [1.29, 1.82) is 0 Å². The third kappa shape index (κ3) is 2.95. The lowest BCUT2D eigenvalue weighted by Crippen LogP contribution is -2.37. The molecule has 24 heavy (non-hydrogen) atoms. The molecule has 0 heterocycles. The maximum atomic E-state index is 11.8. The Hall–Kier alpha value is -2.53. The molecule has 2 aromatic rings. The maximum absolute atomic E-state index is 11.8. The smallest absolute Gasteiger partial charge is 0.311 e. The summed E-state index contributed by atoms with van der Waals surface area (Å²) in [6.07, 6.45) is 0.450. The monoisotopic (exact) mass is 327 g/mol. The van der Waals surface area contributed by atoms with Gasteiger partial charge in [0.05, 0.1) is 24.0 Å². The van der Waals surface area contributed by atoms with Gasteiger partial charge in [-0.3, -0.25) is 4.79 Å². The predicted molar refractivity (Wildman–Crippen MR) is 90.0 cm³/mol. The van der Waals surface area contributed by atoms with Gasteiger partial charge in [-0.05, 0) is 30.7 Å². The van der Waals surface area contributed by atoms with Crippen molar-refractivity contribution in [1.82, 2.24) is 0 Å². The molecule has 2 aromatic carbocycles. The third-order valence-electron chi connectivity index (χ3n) is 4.80. The highest BCUT2D eigenvalue weighted by Crippen LogP contribution is 2.63. The molecule has 1 atom stereocenters. The van der Waals surface area contributed by atoms with Crippen LogP contribution in [0.25, 0.3) is 0 Å². The maximum Gasteiger partial charge on any atom is 0.311 e. The zero-order chi connectivity index (χ0) is 17.0. The fraction of sp³-hybridized carbons (Fsp3) is 0.316. The molecule has 0 spiro atoms. The predicted octanol–water partition coefficient (Wildman–Crippen LogP) is 2.56. The number of hydrogen-bond donors (Lipinski definition) is 2. The van der Waals surface area contributed by atoms with Crippen LogP contribution in [0.15, 0.2) is 60.7 Å². The lowest BCUT2D eigenvalue weighted by atomic mass is 9.94. The van der Waals surface area contributed by atoms with Crippen LogP contribution in [0.4, 0.5) is 0 Å². The number of nitrogens with two attached hydrogens (primary N) is 1. The highest BCUT2D eigenvalue weighted by Gasteiger charge is 2.72. The molecule has 1 saturated carbocycles. The van der Waals surface area contributed by atoms with Crippen LogP contribution in [0.3, 0.4) is 0 Å². The van der Waals surface area contributed by atoms with Crippen LogP contribution >= 0.6 is 0 Å². The molecule has 5 nitrogen and oxygen atoms in total. The Kier molecular flexibility index (Phi) is 4.44. The van der Waals surface area contributed by atoms with Crippen LogP contribution < -0.4 is 15.2 Å². The van der Waals surface area contributed by atoms with Crippen molar-refractivity contribution >= 4 is 5.97 Å². The van der Waals surface area contributed by atoms with E-state index in [0.717, 1.165) is 0 Å². The Balaban J connectivity index is 1.74. The summed E-state index contributed by atoms with van der Waals surface area (Å²) >= 11 is 0. The van der Waals surface area contributed by atoms with Gasteiger partial charge < -0.3 is 20.3 Å². The summed E-state index contributed by atoms with van der Waals surface area (Å²) in [7, 11) is 0. The molecule has 0 aromatic heterocycles. The molecule has 0 amide bonds. The molecular formula is C19H21NO4. The van der Waals surface area contributed by atoms with Crippen LogP contribution in [0.2, 0.25) is 0 Å². The number of para-hydroxylation sites is 2. The summed E-state index contributed by atoms with van der Waals surface area (Å²) in [6.45, 7) is 0.583. The number of rotatable bonds is 8. The molecule has 5 heteroatoms. The normalized spacial score (nSPS) is 21.0. The fourth-order valence-corrected chi connectivity index (χ4v) is 3.11. The minimum Gasteiger partial charge on any atom is -0.493 e. The standard InChI is InChI=1S/C19H21NO4/c20-12-19(17(21)22)11-18(19,13-23-15-7-3-1-4-8-15)14-24-16-9-5-2-6-10-16/h1-10H,11-14,20H2,(H,21,22). The molecule has 1 fully saturated rings. The zero-order valence-electron chi connectivity index (χ0n) is 13.4. The van der Waals surface area contributed by atoms with Gasteiger partial charge in [-0.15, -0.1) is 0 Å². The number of hydrogen-bond acceptors (Lipinski definition) is 4. The van der Waals surface area contributed by atoms with Gasteiger partial charge in [0.2, 0.25) is 0 Å². The second kappa shape index (κ2) is 6.53. The Morgan fingerprint density at radius 1 is 0.958 bits per heavy atom. The van der Waals surface area contributed by atoms with Crippen molar-refractivity contribution in [2.24, 2.45) is 16.6 Å². The fourth-order valence-electron chi connectivity index (χ4n) is 3.11. The number of carboxylic acid groups (broad SMARTS) is 1. The van der Waals surface area contributed by atoms with E-state index < -0.39 is 16.8 Å². The Morgan fingerprint density at radius 3 is 1.75 bits per heavy atom. The second-order valence-electron chi connectivity index (χ2n) is 6.25. The first-order chi connectivity index (χ1) is 11.6. The van der Waals surface area contributed by atoms with E-state index in [0.29, 0.717) is 17.9 Å². The number of carbonyl (C=O) groups is 1. The zero-order valence-corrected chi connectivity index (χ0v) is 13.4. The van der Waals surface area contributed by atoms with Crippen LogP contribution in [0.5, 0.6) is 11.5 Å². The second-order valence-corrected chi connectivity index (χ2v) is 6.25. The topological polar surface area (TPSA) is 81.8 Å². The number of carboxylic acids is 1. The highest BCUT2D eigenvalue weighted by molar-refractivity contribution is 5.80. The van der Waals surface area contributed by atoms with Gasteiger partial charge >= 0.3 is 5.97 Å². The molecule has 0 saturated heterocycles. The van der Waals surface area contributed by atoms with E-state index in [1.165, 1.54) is 0 Å². The van der Waals surface area contributed by atoms with Crippen molar-refractivity contribution in [2.75, 3.05) is 19.8 Å². The molecule has 0 bridgehead atoms. The van der Waals surface area contributed by atoms with E-state index in [9.17, 15) is 9.90 Å². The Bertz CT molecular complexity index is 646. The van der Waals surface area contributed by atoms with E-state index in [2.05, 4.69) is 0 Å². The third-order valence-corrected chi connectivity index (χ3v) is 4.80. The minimum absolute atomic E-state index is 0.0681. The van der Waals surface area contributed by atoms with Crippen molar-refractivity contribution < 1.29 is 19.4 Å². The SMILES string of the molecule is NCC1(C(=O)O)CC1(COc1ccccc1)COc1ccccc1. The Labute approximate surface area is 141 Å². The van der Waals surface area contributed by atoms with Gasteiger partial charge in [0.15, 0.2) is 0 Å². The average molecular weight is 327 g/mol. The summed E-state index contributed by atoms with van der Waals surface area (Å²) in [6, 6.07) is 18.7. The van der Waals surface area contributed by atoms with Crippen LogP contribution in [0, 0.1) is 10.8 Å². The molecule has 3 rings (SSSR count). The first-order valence-corrected chi connectivity index (χ1v) is 7.91.